The third kappa shape index (κ3) is 8.14. The molecule has 13 heteroatoms. The zero-order chi connectivity index (χ0) is 34.4. The van der Waals surface area contributed by atoms with Crippen LogP contribution >= 0.6 is 0 Å². The molecule has 2 aromatic heterocycles. The predicted octanol–water partition coefficient (Wildman–Crippen LogP) is 6.39. The Morgan fingerprint density at radius 3 is 2.44 bits per heavy atom. The van der Waals surface area contributed by atoms with Gasteiger partial charge < -0.3 is 29.0 Å². The van der Waals surface area contributed by atoms with Gasteiger partial charge >= 0.3 is 18.2 Å². The minimum atomic E-state index is -0.975. The number of piperidine rings is 1. The molecule has 0 bridgehead atoms. The van der Waals surface area contributed by atoms with Crippen LogP contribution in [0.5, 0.6) is 11.6 Å². The van der Waals surface area contributed by atoms with Crippen LogP contribution in [0, 0.1) is 12.8 Å². The van der Waals surface area contributed by atoms with E-state index in [0.717, 1.165) is 5.56 Å². The highest BCUT2D eigenvalue weighted by Crippen LogP contribution is 2.37. The van der Waals surface area contributed by atoms with Crippen LogP contribution in [0.25, 0.3) is 5.65 Å². The SMILES string of the molecule is CCOc1ccc(N(C(=O)OC(C)(C)C)c2c(C)c(OC3CN(C(=O)OCc4ccccc4)CCC3CC(=O)O)nc3ccnn23)cc1. The van der Waals surface area contributed by atoms with Gasteiger partial charge in [-0.15, -0.1) is 0 Å². The fraction of sp³-hybridized carbons (Fsp3) is 0.400. The summed E-state index contributed by atoms with van der Waals surface area (Å²) in [5.74, 6) is -0.268. The number of aromatic nitrogens is 3. The van der Waals surface area contributed by atoms with Gasteiger partial charge in [0, 0.05) is 18.5 Å². The molecule has 1 aliphatic heterocycles. The number of rotatable bonds is 10. The molecule has 0 saturated carbocycles. The van der Waals surface area contributed by atoms with Gasteiger partial charge in [0.2, 0.25) is 5.88 Å². The highest BCUT2D eigenvalue weighted by atomic mass is 16.6. The highest BCUT2D eigenvalue weighted by molar-refractivity contribution is 5.96. The lowest BCUT2D eigenvalue weighted by atomic mass is 9.91. The Hall–Kier alpha value is -5.33. The maximum Gasteiger partial charge on any atom is 0.420 e. The van der Waals surface area contributed by atoms with Gasteiger partial charge in [-0.2, -0.15) is 14.6 Å². The number of hydrogen-bond donors (Lipinski definition) is 1. The third-order valence-electron chi connectivity index (χ3n) is 7.75. The number of anilines is 2. The third-order valence-corrected chi connectivity index (χ3v) is 7.75. The van der Waals surface area contributed by atoms with Crippen LogP contribution in [0.3, 0.4) is 0 Å². The number of carboxylic acids is 1. The van der Waals surface area contributed by atoms with Crippen molar-refractivity contribution in [2.75, 3.05) is 24.6 Å². The highest BCUT2D eigenvalue weighted by Gasteiger charge is 2.37. The van der Waals surface area contributed by atoms with E-state index in [1.807, 2.05) is 37.3 Å². The molecule has 2 atom stereocenters. The number of likely N-dealkylation sites (tertiary alicyclic amines) is 1. The van der Waals surface area contributed by atoms with Crippen LogP contribution in [0.2, 0.25) is 0 Å². The van der Waals surface area contributed by atoms with Crippen molar-refractivity contribution in [3.05, 3.63) is 78.0 Å². The molecule has 48 heavy (non-hydrogen) atoms. The number of hydrogen-bond acceptors (Lipinski definition) is 9. The molecule has 1 saturated heterocycles. The van der Waals surface area contributed by atoms with E-state index in [1.54, 1.807) is 64.2 Å². The van der Waals surface area contributed by atoms with Crippen LogP contribution in [-0.2, 0) is 20.9 Å². The summed E-state index contributed by atoms with van der Waals surface area (Å²) >= 11 is 0. The second-order valence-electron chi connectivity index (χ2n) is 12.5. The number of carbonyl (C=O) groups excluding carboxylic acids is 2. The van der Waals surface area contributed by atoms with Gasteiger partial charge in [-0.25, -0.2) is 14.5 Å². The molecule has 254 valence electrons. The van der Waals surface area contributed by atoms with Gasteiger partial charge in [0.1, 0.15) is 24.1 Å². The summed E-state index contributed by atoms with van der Waals surface area (Å²) in [6.07, 6.45) is -0.132. The van der Waals surface area contributed by atoms with Crippen LogP contribution in [0.4, 0.5) is 21.1 Å². The maximum absolute atomic E-state index is 13.9. The van der Waals surface area contributed by atoms with Crippen molar-refractivity contribution in [2.45, 2.75) is 65.8 Å². The molecule has 3 heterocycles. The van der Waals surface area contributed by atoms with Crippen molar-refractivity contribution in [3.63, 3.8) is 0 Å². The minimum absolute atomic E-state index is 0.0845. The van der Waals surface area contributed by atoms with E-state index in [0.29, 0.717) is 48.0 Å². The first kappa shape index (κ1) is 34.0. The van der Waals surface area contributed by atoms with Crippen LogP contribution < -0.4 is 14.4 Å². The Balaban J connectivity index is 1.50. The fourth-order valence-corrected chi connectivity index (χ4v) is 5.52. The van der Waals surface area contributed by atoms with Crippen LogP contribution in [-0.4, -0.2) is 74.2 Å². The number of amides is 2. The summed E-state index contributed by atoms with van der Waals surface area (Å²) < 4.78 is 25.1. The molecule has 4 aromatic rings. The summed E-state index contributed by atoms with van der Waals surface area (Å²) in [7, 11) is 0. The number of fused-ring (bicyclic) bond motifs is 1. The molecule has 2 unspecified atom stereocenters. The molecule has 1 N–H and O–H groups in total. The van der Waals surface area contributed by atoms with Crippen molar-refractivity contribution in [2.24, 2.45) is 5.92 Å². The van der Waals surface area contributed by atoms with Crippen LogP contribution in [0.1, 0.15) is 51.7 Å². The molecule has 0 aliphatic carbocycles. The Morgan fingerprint density at radius 2 is 1.77 bits per heavy atom. The normalized spacial score (nSPS) is 16.3. The van der Waals surface area contributed by atoms with E-state index in [4.69, 9.17) is 23.9 Å². The largest absolute Gasteiger partial charge is 0.494 e. The van der Waals surface area contributed by atoms with E-state index < -0.39 is 35.8 Å². The summed E-state index contributed by atoms with van der Waals surface area (Å²) in [6.45, 7) is 9.95. The first-order valence-corrected chi connectivity index (χ1v) is 15.9. The summed E-state index contributed by atoms with van der Waals surface area (Å²) in [4.78, 5) is 46.4. The monoisotopic (exact) mass is 659 g/mol. The van der Waals surface area contributed by atoms with Gasteiger partial charge in [0.25, 0.3) is 0 Å². The Kier molecular flexibility index (Phi) is 10.4. The lowest BCUT2D eigenvalue weighted by molar-refractivity contribution is -0.139. The van der Waals surface area contributed by atoms with E-state index in [2.05, 4.69) is 5.10 Å². The van der Waals surface area contributed by atoms with Gasteiger partial charge in [-0.3, -0.25) is 4.79 Å². The van der Waals surface area contributed by atoms with Crippen LogP contribution in [0.15, 0.2) is 66.9 Å². The second kappa shape index (κ2) is 14.6. The van der Waals surface area contributed by atoms with Gasteiger partial charge in [0.15, 0.2) is 11.5 Å². The fourth-order valence-electron chi connectivity index (χ4n) is 5.52. The first-order chi connectivity index (χ1) is 22.9. The zero-order valence-corrected chi connectivity index (χ0v) is 27.8. The number of ether oxygens (including phenoxy) is 4. The Bertz CT molecular complexity index is 1740. The molecular weight excluding hydrogens is 618 g/mol. The zero-order valence-electron chi connectivity index (χ0n) is 27.8. The molecule has 5 rings (SSSR count). The lowest BCUT2D eigenvalue weighted by Gasteiger charge is -2.37. The van der Waals surface area contributed by atoms with E-state index in [-0.39, 0.29) is 25.5 Å². The summed E-state index contributed by atoms with van der Waals surface area (Å²) in [6, 6.07) is 18.0. The molecule has 13 nitrogen and oxygen atoms in total. The van der Waals surface area contributed by atoms with Gasteiger partial charge in [-0.1, -0.05) is 30.3 Å². The number of carboxylic acid groups (broad SMARTS) is 1. The van der Waals surface area contributed by atoms with Crippen molar-refractivity contribution >= 4 is 35.3 Å². The smallest absolute Gasteiger partial charge is 0.420 e. The number of nitrogens with zero attached hydrogens (tertiary/aromatic N) is 5. The van der Waals surface area contributed by atoms with Crippen molar-refractivity contribution in [1.29, 1.82) is 0 Å². The van der Waals surface area contributed by atoms with Gasteiger partial charge in [-0.05, 0) is 70.9 Å². The number of aliphatic carboxylic acids is 1. The first-order valence-electron chi connectivity index (χ1n) is 15.9. The molecule has 2 aromatic carbocycles. The topological polar surface area (TPSA) is 145 Å². The molecule has 0 spiro atoms. The molecule has 0 radical (unpaired) electrons. The molecule has 2 amide bonds. The predicted molar refractivity (Wildman–Crippen MR) is 177 cm³/mol. The second-order valence-corrected chi connectivity index (χ2v) is 12.5. The van der Waals surface area contributed by atoms with E-state index >= 15 is 0 Å². The van der Waals surface area contributed by atoms with Crippen molar-refractivity contribution in [3.8, 4) is 11.6 Å². The molecule has 1 aliphatic rings. The summed E-state index contributed by atoms with van der Waals surface area (Å²) in [5.41, 5.74) is 1.36. The molecule has 1 fully saturated rings. The maximum atomic E-state index is 13.9. The lowest BCUT2D eigenvalue weighted by Crippen LogP contribution is -2.49. The number of benzene rings is 2. The Labute approximate surface area is 279 Å². The average Bonchev–Trinajstić information content (AvgIpc) is 3.51. The standard InChI is InChI=1S/C35H41N5O8/c1-6-45-27-14-12-26(13-15-27)39(34(44)48-35(3,4)5)32-23(2)31(37-29-16-18-36-40(29)32)47-28-21-38(19-17-25(28)20-30(41)42)33(43)46-22-24-10-8-7-9-11-24/h7-16,18,25,28H,6,17,19-22H2,1-5H3,(H,41,42). The van der Waals surface area contributed by atoms with Crippen molar-refractivity contribution in [1.82, 2.24) is 19.5 Å². The average molecular weight is 660 g/mol. The van der Waals surface area contributed by atoms with Crippen molar-refractivity contribution < 1.29 is 38.4 Å². The Morgan fingerprint density at radius 1 is 1.04 bits per heavy atom. The molecular formula is C35H41N5O8. The quantitative estimate of drug-likeness (QED) is 0.203. The summed E-state index contributed by atoms with van der Waals surface area (Å²) in [5, 5.41) is 14.2. The number of carbonyl (C=O) groups is 3. The minimum Gasteiger partial charge on any atom is -0.494 e. The van der Waals surface area contributed by atoms with E-state index in [9.17, 15) is 19.5 Å². The van der Waals surface area contributed by atoms with Gasteiger partial charge in [0.05, 0.1) is 37.0 Å². The van der Waals surface area contributed by atoms with E-state index in [1.165, 1.54) is 14.3 Å².